The summed E-state index contributed by atoms with van der Waals surface area (Å²) >= 11 is 1.71. The number of aromatic nitrogens is 1. The Morgan fingerprint density at radius 1 is 1.00 bits per heavy atom. The molecule has 0 aliphatic rings. The number of hydrogen-bond donors (Lipinski definition) is 1. The maximum atomic E-state index is 12.3. The van der Waals surface area contributed by atoms with Gasteiger partial charge in [-0.25, -0.2) is 0 Å². The molecule has 0 unspecified atom stereocenters. The third kappa shape index (κ3) is 5.69. The number of hydrogen-bond acceptors (Lipinski definition) is 4. The second kappa shape index (κ2) is 9.71. The molecule has 0 spiro atoms. The molecule has 0 bridgehead atoms. The Balaban J connectivity index is 1.49. The number of pyridine rings is 1. The first-order chi connectivity index (χ1) is 13.6. The zero-order valence-electron chi connectivity index (χ0n) is 15.5. The smallest absolute Gasteiger partial charge is 0.254 e. The van der Waals surface area contributed by atoms with Crippen LogP contribution >= 0.6 is 11.8 Å². The highest BCUT2D eigenvalue weighted by atomic mass is 32.2. The van der Waals surface area contributed by atoms with Gasteiger partial charge in [0.15, 0.2) is 0 Å². The van der Waals surface area contributed by atoms with E-state index in [0.717, 1.165) is 16.2 Å². The molecular weight excluding hydrogens is 370 g/mol. The van der Waals surface area contributed by atoms with Crippen LogP contribution in [0.15, 0.2) is 84.0 Å². The second-order valence-electron chi connectivity index (χ2n) is 6.25. The van der Waals surface area contributed by atoms with Crippen molar-refractivity contribution in [3.63, 3.8) is 0 Å². The highest BCUT2D eigenvalue weighted by Gasteiger charge is 2.14. The van der Waals surface area contributed by atoms with E-state index >= 15 is 0 Å². The Labute approximate surface area is 168 Å². The number of carbonyl (C=O) groups excluding carboxylic acids is 2. The summed E-state index contributed by atoms with van der Waals surface area (Å²) in [6.45, 7) is -0.00869. The zero-order chi connectivity index (χ0) is 19.8. The molecule has 1 heterocycles. The quantitative estimate of drug-likeness (QED) is 0.617. The van der Waals surface area contributed by atoms with Crippen LogP contribution in [0.2, 0.25) is 0 Å². The average molecular weight is 391 g/mol. The number of likely N-dealkylation sites (N-methyl/N-ethyl adjacent to an activating group) is 1. The fraction of sp³-hybridized carbons (Fsp3) is 0.136. The lowest BCUT2D eigenvalue weighted by Crippen LogP contribution is -2.34. The van der Waals surface area contributed by atoms with Crippen molar-refractivity contribution in [2.24, 2.45) is 0 Å². The average Bonchev–Trinajstić information content (AvgIpc) is 2.74. The van der Waals surface area contributed by atoms with E-state index in [1.165, 1.54) is 4.90 Å². The van der Waals surface area contributed by atoms with E-state index in [2.05, 4.69) is 10.3 Å². The third-order valence-corrected chi connectivity index (χ3v) is 5.10. The zero-order valence-corrected chi connectivity index (χ0v) is 16.4. The molecule has 28 heavy (non-hydrogen) atoms. The Hall–Kier alpha value is -3.12. The maximum Gasteiger partial charge on any atom is 0.254 e. The number of nitrogens with one attached hydrogen (secondary N) is 1. The predicted molar refractivity (Wildman–Crippen MR) is 112 cm³/mol. The predicted octanol–water partition coefficient (Wildman–Crippen LogP) is 4.08. The van der Waals surface area contributed by atoms with Gasteiger partial charge in [-0.15, -0.1) is 11.8 Å². The van der Waals surface area contributed by atoms with E-state index in [0.29, 0.717) is 11.3 Å². The topological polar surface area (TPSA) is 62.3 Å². The van der Waals surface area contributed by atoms with Crippen molar-refractivity contribution in [2.75, 3.05) is 18.9 Å². The van der Waals surface area contributed by atoms with Gasteiger partial charge in [-0.05, 0) is 48.0 Å². The summed E-state index contributed by atoms with van der Waals surface area (Å²) in [5, 5.41) is 2.83. The first kappa shape index (κ1) is 19.6. The van der Waals surface area contributed by atoms with Gasteiger partial charge < -0.3 is 10.2 Å². The monoisotopic (exact) mass is 391 g/mol. The van der Waals surface area contributed by atoms with Crippen LogP contribution in [0.5, 0.6) is 0 Å². The summed E-state index contributed by atoms with van der Waals surface area (Å²) in [6, 6.07) is 20.6. The van der Waals surface area contributed by atoms with E-state index in [-0.39, 0.29) is 18.4 Å². The molecule has 6 heteroatoms. The van der Waals surface area contributed by atoms with Crippen molar-refractivity contribution in [3.8, 4) is 0 Å². The van der Waals surface area contributed by atoms with Crippen LogP contribution in [0.4, 0.5) is 5.69 Å². The molecule has 0 saturated carbocycles. The molecule has 0 aliphatic carbocycles. The normalized spacial score (nSPS) is 10.3. The van der Waals surface area contributed by atoms with Crippen LogP contribution in [0.1, 0.15) is 15.9 Å². The van der Waals surface area contributed by atoms with Gasteiger partial charge in [0.1, 0.15) is 0 Å². The van der Waals surface area contributed by atoms with Gasteiger partial charge in [0.05, 0.1) is 6.54 Å². The van der Waals surface area contributed by atoms with Gasteiger partial charge in [0.25, 0.3) is 5.91 Å². The summed E-state index contributed by atoms with van der Waals surface area (Å²) in [7, 11) is 1.62. The number of nitrogens with zero attached hydrogens (tertiary/aromatic N) is 2. The molecular formula is C22H21N3O2S. The molecule has 1 N–H and O–H groups in total. The summed E-state index contributed by atoms with van der Waals surface area (Å²) in [6.07, 6.45) is 3.62. The summed E-state index contributed by atoms with van der Waals surface area (Å²) in [4.78, 5) is 31.2. The van der Waals surface area contributed by atoms with Gasteiger partial charge in [0.2, 0.25) is 5.91 Å². The first-order valence-electron chi connectivity index (χ1n) is 8.84. The minimum absolute atomic E-state index is 0.00869. The van der Waals surface area contributed by atoms with Crippen LogP contribution in [0, 0.1) is 0 Å². The minimum atomic E-state index is -0.234. The second-order valence-corrected chi connectivity index (χ2v) is 7.30. The van der Waals surface area contributed by atoms with E-state index in [1.54, 1.807) is 49.3 Å². The Morgan fingerprint density at radius 3 is 2.43 bits per heavy atom. The lowest BCUT2D eigenvalue weighted by atomic mass is 10.2. The fourth-order valence-corrected chi connectivity index (χ4v) is 3.41. The Bertz CT molecular complexity index is 916. The van der Waals surface area contributed by atoms with Crippen molar-refractivity contribution < 1.29 is 9.59 Å². The molecule has 5 nitrogen and oxygen atoms in total. The largest absolute Gasteiger partial charge is 0.332 e. The van der Waals surface area contributed by atoms with Gasteiger partial charge in [0, 0.05) is 41.3 Å². The lowest BCUT2D eigenvalue weighted by molar-refractivity contribution is -0.116. The minimum Gasteiger partial charge on any atom is -0.332 e. The molecule has 0 saturated heterocycles. The van der Waals surface area contributed by atoms with Gasteiger partial charge in [-0.1, -0.05) is 24.3 Å². The molecule has 0 aliphatic heterocycles. The summed E-state index contributed by atoms with van der Waals surface area (Å²) < 4.78 is 0. The molecule has 142 valence electrons. The van der Waals surface area contributed by atoms with Crippen LogP contribution in [-0.2, 0) is 10.5 Å². The summed E-state index contributed by atoms with van der Waals surface area (Å²) in [5.41, 5.74) is 2.43. The van der Waals surface area contributed by atoms with Crippen LogP contribution in [-0.4, -0.2) is 35.3 Å². The molecule has 1 aromatic heterocycles. The van der Waals surface area contributed by atoms with Crippen molar-refractivity contribution >= 4 is 29.3 Å². The van der Waals surface area contributed by atoms with Gasteiger partial charge >= 0.3 is 0 Å². The number of rotatable bonds is 7. The van der Waals surface area contributed by atoms with Crippen LogP contribution < -0.4 is 5.32 Å². The molecule has 2 amide bonds. The molecule has 3 rings (SSSR count). The molecule has 0 radical (unpaired) electrons. The first-order valence-corrected chi connectivity index (χ1v) is 9.82. The van der Waals surface area contributed by atoms with E-state index in [4.69, 9.17) is 0 Å². The number of benzene rings is 2. The number of carbonyl (C=O) groups is 2. The van der Waals surface area contributed by atoms with Gasteiger partial charge in [-0.2, -0.15) is 0 Å². The van der Waals surface area contributed by atoms with Crippen molar-refractivity contribution in [1.29, 1.82) is 0 Å². The van der Waals surface area contributed by atoms with Crippen molar-refractivity contribution in [3.05, 3.63) is 90.3 Å². The highest BCUT2D eigenvalue weighted by Crippen LogP contribution is 2.23. The number of anilines is 1. The molecule has 3 aromatic rings. The Morgan fingerprint density at radius 2 is 1.75 bits per heavy atom. The van der Waals surface area contributed by atoms with E-state index < -0.39 is 0 Å². The molecule has 0 atom stereocenters. The van der Waals surface area contributed by atoms with Crippen LogP contribution in [0.25, 0.3) is 0 Å². The Kier molecular flexibility index (Phi) is 6.81. The number of thioether (sulfide) groups is 1. The van der Waals surface area contributed by atoms with E-state index in [1.807, 2.05) is 48.7 Å². The van der Waals surface area contributed by atoms with Crippen molar-refractivity contribution in [2.45, 2.75) is 10.6 Å². The lowest BCUT2D eigenvalue weighted by Gasteiger charge is -2.17. The van der Waals surface area contributed by atoms with Gasteiger partial charge in [-0.3, -0.25) is 14.6 Å². The van der Waals surface area contributed by atoms with Crippen molar-refractivity contribution in [1.82, 2.24) is 9.88 Å². The highest BCUT2D eigenvalue weighted by molar-refractivity contribution is 7.98. The molecule has 0 fully saturated rings. The third-order valence-electron chi connectivity index (χ3n) is 4.01. The van der Waals surface area contributed by atoms with Crippen LogP contribution in [0.3, 0.4) is 0 Å². The SMILES string of the molecule is CN(CC(=O)Nc1ccc(SCc2cccnc2)cc1)C(=O)c1ccccc1. The maximum absolute atomic E-state index is 12.3. The molecule has 2 aromatic carbocycles. The summed E-state index contributed by atoms with van der Waals surface area (Å²) in [5.74, 6) is 0.423. The fourth-order valence-electron chi connectivity index (χ4n) is 2.57. The van der Waals surface area contributed by atoms with E-state index in [9.17, 15) is 9.59 Å². The number of amides is 2. The standard InChI is InChI=1S/C22H21N3O2S/c1-25(22(27)18-7-3-2-4-8-18)15-21(26)24-19-9-11-20(12-10-19)28-16-17-6-5-13-23-14-17/h2-14H,15-16H2,1H3,(H,24,26).